The Morgan fingerprint density at radius 3 is 2.95 bits per heavy atom. The molecule has 1 aromatic carbocycles. The van der Waals surface area contributed by atoms with Gasteiger partial charge in [0.25, 0.3) is 5.91 Å². The van der Waals surface area contributed by atoms with Crippen LogP contribution in [0, 0.1) is 0 Å². The lowest BCUT2D eigenvalue weighted by molar-refractivity contribution is -0.127. The molecule has 1 aromatic heterocycles. The molecule has 6 nitrogen and oxygen atoms in total. The number of hydrogen-bond donors (Lipinski definition) is 1. The molecular formula is C14H17ClN4O2. The molecule has 0 spiro atoms. The smallest absolute Gasteiger partial charge is 0.261 e. The fourth-order valence-corrected chi connectivity index (χ4v) is 1.95. The van der Waals surface area contributed by atoms with Gasteiger partial charge in [-0.05, 0) is 26.0 Å². The van der Waals surface area contributed by atoms with Crippen LogP contribution in [0.25, 0.3) is 0 Å². The van der Waals surface area contributed by atoms with Gasteiger partial charge in [0, 0.05) is 6.54 Å². The first kappa shape index (κ1) is 15.3. The van der Waals surface area contributed by atoms with Gasteiger partial charge in [-0.1, -0.05) is 23.7 Å². The summed E-state index contributed by atoms with van der Waals surface area (Å²) in [5.74, 6) is 0.954. The van der Waals surface area contributed by atoms with Crippen molar-refractivity contribution < 1.29 is 9.53 Å². The lowest BCUT2D eigenvalue weighted by Gasteiger charge is -2.15. The van der Waals surface area contributed by atoms with Crippen molar-refractivity contribution in [2.45, 2.75) is 33.0 Å². The van der Waals surface area contributed by atoms with Crippen LogP contribution in [0.2, 0.25) is 5.02 Å². The van der Waals surface area contributed by atoms with Gasteiger partial charge in [-0.3, -0.25) is 4.79 Å². The normalized spacial score (nSPS) is 12.0. The molecule has 0 aliphatic rings. The molecule has 0 bridgehead atoms. The number of nitrogens with one attached hydrogen (secondary N) is 1. The standard InChI is InChI=1S/C14H17ClN4O2/c1-3-19-9-17-18-13(19)8-16-14(20)10(2)21-12-7-5-4-6-11(12)15/h4-7,9-10H,3,8H2,1-2H3,(H,16,20)/t10-/m0/s1. The van der Waals surface area contributed by atoms with Crippen LogP contribution in [-0.4, -0.2) is 26.8 Å². The maximum atomic E-state index is 12.0. The minimum Gasteiger partial charge on any atom is -0.479 e. The molecule has 0 radical (unpaired) electrons. The predicted molar refractivity (Wildman–Crippen MR) is 79.1 cm³/mol. The topological polar surface area (TPSA) is 69.0 Å². The summed E-state index contributed by atoms with van der Waals surface area (Å²) in [6.45, 7) is 4.72. The number of carbonyl (C=O) groups is 1. The van der Waals surface area contributed by atoms with E-state index in [2.05, 4.69) is 15.5 Å². The maximum Gasteiger partial charge on any atom is 0.261 e. The monoisotopic (exact) mass is 308 g/mol. The molecule has 7 heteroatoms. The Balaban J connectivity index is 1.90. The number of nitrogens with zero attached hydrogens (tertiary/aromatic N) is 3. The van der Waals surface area contributed by atoms with Crippen molar-refractivity contribution in [3.8, 4) is 5.75 Å². The van der Waals surface area contributed by atoms with Gasteiger partial charge in [0.15, 0.2) is 11.9 Å². The van der Waals surface area contributed by atoms with Crippen LogP contribution in [0.1, 0.15) is 19.7 Å². The zero-order chi connectivity index (χ0) is 15.2. The molecule has 112 valence electrons. The van der Waals surface area contributed by atoms with Crippen molar-refractivity contribution in [2.24, 2.45) is 0 Å². The number of amides is 1. The van der Waals surface area contributed by atoms with Gasteiger partial charge in [0.1, 0.15) is 12.1 Å². The molecule has 2 rings (SSSR count). The van der Waals surface area contributed by atoms with Crippen LogP contribution in [-0.2, 0) is 17.9 Å². The van der Waals surface area contributed by atoms with E-state index in [0.717, 1.165) is 6.54 Å². The van der Waals surface area contributed by atoms with E-state index in [0.29, 0.717) is 23.1 Å². The highest BCUT2D eigenvalue weighted by Gasteiger charge is 2.16. The van der Waals surface area contributed by atoms with Crippen LogP contribution in [0.3, 0.4) is 0 Å². The van der Waals surface area contributed by atoms with Crippen molar-refractivity contribution >= 4 is 17.5 Å². The molecule has 1 amide bonds. The van der Waals surface area contributed by atoms with E-state index in [9.17, 15) is 4.79 Å². The summed E-state index contributed by atoms with van der Waals surface area (Å²) in [4.78, 5) is 12.0. The zero-order valence-corrected chi connectivity index (χ0v) is 12.7. The molecule has 0 saturated heterocycles. The van der Waals surface area contributed by atoms with E-state index in [1.165, 1.54) is 0 Å². The summed E-state index contributed by atoms with van der Waals surface area (Å²) in [6.07, 6.45) is 0.980. The summed E-state index contributed by atoms with van der Waals surface area (Å²) < 4.78 is 7.41. The first-order valence-corrected chi connectivity index (χ1v) is 7.05. The maximum absolute atomic E-state index is 12.0. The van der Waals surface area contributed by atoms with E-state index in [4.69, 9.17) is 16.3 Å². The third-order valence-corrected chi connectivity index (χ3v) is 3.28. The van der Waals surface area contributed by atoms with Gasteiger partial charge in [-0.2, -0.15) is 0 Å². The highest BCUT2D eigenvalue weighted by molar-refractivity contribution is 6.32. The average molecular weight is 309 g/mol. The predicted octanol–water partition coefficient (Wildman–Crippen LogP) is 2.04. The Morgan fingerprint density at radius 1 is 1.48 bits per heavy atom. The second-order valence-electron chi connectivity index (χ2n) is 4.44. The molecular weight excluding hydrogens is 292 g/mol. The van der Waals surface area contributed by atoms with E-state index in [1.807, 2.05) is 11.5 Å². The number of benzene rings is 1. The number of para-hydroxylation sites is 1. The Labute approximate surface area is 128 Å². The Hall–Kier alpha value is -2.08. The summed E-state index contributed by atoms with van der Waals surface area (Å²) >= 11 is 5.99. The number of hydrogen-bond acceptors (Lipinski definition) is 4. The fourth-order valence-electron chi connectivity index (χ4n) is 1.77. The van der Waals surface area contributed by atoms with Crippen molar-refractivity contribution in [3.63, 3.8) is 0 Å². The van der Waals surface area contributed by atoms with Gasteiger partial charge < -0.3 is 14.6 Å². The quantitative estimate of drug-likeness (QED) is 0.886. The largest absolute Gasteiger partial charge is 0.479 e. The lowest BCUT2D eigenvalue weighted by Crippen LogP contribution is -2.36. The molecule has 2 aromatic rings. The molecule has 0 aliphatic carbocycles. The highest BCUT2D eigenvalue weighted by Crippen LogP contribution is 2.24. The van der Waals surface area contributed by atoms with Gasteiger partial charge in [0.05, 0.1) is 11.6 Å². The number of aryl methyl sites for hydroxylation is 1. The number of halogens is 1. The Bertz CT molecular complexity index is 615. The SMILES string of the molecule is CCn1cnnc1CNC(=O)[C@H](C)Oc1ccccc1Cl. The molecule has 1 atom stereocenters. The number of rotatable bonds is 6. The second kappa shape index (κ2) is 7.08. The Morgan fingerprint density at radius 2 is 2.24 bits per heavy atom. The first-order valence-electron chi connectivity index (χ1n) is 6.67. The summed E-state index contributed by atoms with van der Waals surface area (Å²) in [5.41, 5.74) is 0. The van der Waals surface area contributed by atoms with Crippen molar-refractivity contribution in [3.05, 3.63) is 41.4 Å². The van der Waals surface area contributed by atoms with Gasteiger partial charge >= 0.3 is 0 Å². The van der Waals surface area contributed by atoms with Crippen LogP contribution in [0.15, 0.2) is 30.6 Å². The van der Waals surface area contributed by atoms with Gasteiger partial charge in [-0.25, -0.2) is 0 Å². The Kier molecular flexibility index (Phi) is 5.16. The van der Waals surface area contributed by atoms with Crippen molar-refractivity contribution in [1.29, 1.82) is 0 Å². The van der Waals surface area contributed by atoms with Crippen LogP contribution in [0.5, 0.6) is 5.75 Å². The molecule has 0 fully saturated rings. The highest BCUT2D eigenvalue weighted by atomic mass is 35.5. The van der Waals surface area contributed by atoms with E-state index in [-0.39, 0.29) is 5.91 Å². The van der Waals surface area contributed by atoms with E-state index in [1.54, 1.807) is 37.5 Å². The van der Waals surface area contributed by atoms with Crippen molar-refractivity contribution in [2.75, 3.05) is 0 Å². The average Bonchev–Trinajstić information content (AvgIpc) is 2.94. The van der Waals surface area contributed by atoms with E-state index < -0.39 is 6.10 Å². The summed E-state index contributed by atoms with van der Waals surface area (Å²) in [6, 6.07) is 7.04. The van der Waals surface area contributed by atoms with Gasteiger partial charge in [-0.15, -0.1) is 10.2 Å². The van der Waals surface area contributed by atoms with Crippen molar-refractivity contribution in [1.82, 2.24) is 20.1 Å². The first-order chi connectivity index (χ1) is 10.1. The minimum absolute atomic E-state index is 0.236. The molecule has 0 saturated carbocycles. The second-order valence-corrected chi connectivity index (χ2v) is 4.85. The number of aromatic nitrogens is 3. The third-order valence-electron chi connectivity index (χ3n) is 2.97. The molecule has 0 aliphatic heterocycles. The molecule has 1 heterocycles. The summed E-state index contributed by atoms with van der Waals surface area (Å²) in [5, 5.41) is 11.0. The number of ether oxygens (including phenoxy) is 1. The van der Waals surface area contributed by atoms with Crippen LogP contribution < -0.4 is 10.1 Å². The van der Waals surface area contributed by atoms with E-state index >= 15 is 0 Å². The van der Waals surface area contributed by atoms with Gasteiger partial charge in [0.2, 0.25) is 0 Å². The minimum atomic E-state index is -0.650. The molecule has 0 unspecified atom stereocenters. The summed E-state index contributed by atoms with van der Waals surface area (Å²) in [7, 11) is 0. The molecule has 1 N–H and O–H groups in total. The zero-order valence-electron chi connectivity index (χ0n) is 11.9. The third kappa shape index (κ3) is 3.95. The lowest BCUT2D eigenvalue weighted by atomic mass is 10.3. The molecule has 21 heavy (non-hydrogen) atoms. The van der Waals surface area contributed by atoms with Crippen LogP contribution in [0.4, 0.5) is 0 Å². The number of carbonyl (C=O) groups excluding carboxylic acids is 1. The van der Waals surface area contributed by atoms with Crippen LogP contribution >= 0.6 is 11.6 Å². The fraction of sp³-hybridized carbons (Fsp3) is 0.357.